The fourth-order valence-corrected chi connectivity index (χ4v) is 2.80. The van der Waals surface area contributed by atoms with Gasteiger partial charge in [-0.2, -0.15) is 0 Å². The molecular formula is C20H25BrFN5O. The Morgan fingerprint density at radius 3 is 2.29 bits per heavy atom. The van der Waals surface area contributed by atoms with Gasteiger partial charge in [-0.3, -0.25) is 0 Å². The van der Waals surface area contributed by atoms with Crippen molar-refractivity contribution < 1.29 is 9.18 Å². The number of rotatable bonds is 7. The Kier molecular flexibility index (Phi) is 7.28. The number of nitrogen functional groups attached to an aromatic ring is 1. The van der Waals surface area contributed by atoms with Crippen molar-refractivity contribution in [2.75, 3.05) is 22.9 Å². The van der Waals surface area contributed by atoms with E-state index in [1.54, 1.807) is 30.3 Å². The van der Waals surface area contributed by atoms with Gasteiger partial charge < -0.3 is 27.4 Å². The van der Waals surface area contributed by atoms with Gasteiger partial charge in [-0.1, -0.05) is 15.9 Å². The maximum atomic E-state index is 13.4. The molecule has 7 N–H and O–H groups in total. The molecule has 0 unspecified atom stereocenters. The number of carbonyl (C=O) groups excluding carboxylic acids is 1. The molecule has 2 rings (SSSR count). The highest BCUT2D eigenvalue weighted by atomic mass is 79.9. The standard InChI is InChI=1S/C20H25BrFN5O/c1-20(2,22)9-10-25-19(28)27-15-6-4-14(5-7-15)26-18(12-23)16-8-3-13(21)11-17(16)24/h3-8,11-12,26H,9-10,23-24H2,1-2H3,(H2,25,27,28)/b18-12+. The second-order valence-electron chi connectivity index (χ2n) is 6.86. The molecule has 0 aliphatic rings. The maximum Gasteiger partial charge on any atom is 0.319 e. The zero-order valence-corrected chi connectivity index (χ0v) is 17.4. The molecule has 0 saturated heterocycles. The molecule has 0 atom stereocenters. The van der Waals surface area contributed by atoms with E-state index in [0.717, 1.165) is 15.7 Å². The molecule has 2 aromatic carbocycles. The smallest absolute Gasteiger partial charge is 0.319 e. The van der Waals surface area contributed by atoms with Gasteiger partial charge in [0.2, 0.25) is 0 Å². The summed E-state index contributed by atoms with van der Waals surface area (Å²) in [5.74, 6) is 0. The van der Waals surface area contributed by atoms with Crippen LogP contribution < -0.4 is 27.4 Å². The average molecular weight is 450 g/mol. The summed E-state index contributed by atoms with van der Waals surface area (Å²) in [5, 5.41) is 8.54. The number of benzene rings is 2. The Hall–Kier alpha value is -2.74. The molecular weight excluding hydrogens is 425 g/mol. The monoisotopic (exact) mass is 449 g/mol. The Labute approximate surface area is 172 Å². The van der Waals surface area contributed by atoms with E-state index in [1.165, 1.54) is 20.0 Å². The van der Waals surface area contributed by atoms with E-state index < -0.39 is 5.67 Å². The van der Waals surface area contributed by atoms with Crippen LogP contribution in [0.1, 0.15) is 25.8 Å². The number of nitrogens with two attached hydrogens (primary N) is 2. The summed E-state index contributed by atoms with van der Waals surface area (Å²) >= 11 is 3.38. The van der Waals surface area contributed by atoms with Gasteiger partial charge in [0.25, 0.3) is 0 Å². The van der Waals surface area contributed by atoms with Crippen molar-refractivity contribution in [1.82, 2.24) is 5.32 Å². The summed E-state index contributed by atoms with van der Waals surface area (Å²) in [4.78, 5) is 11.9. The summed E-state index contributed by atoms with van der Waals surface area (Å²) in [6.07, 6.45) is 1.70. The summed E-state index contributed by atoms with van der Waals surface area (Å²) in [7, 11) is 0. The van der Waals surface area contributed by atoms with Crippen LogP contribution in [0.3, 0.4) is 0 Å². The maximum absolute atomic E-state index is 13.4. The van der Waals surface area contributed by atoms with Gasteiger partial charge in [0, 0.05) is 39.8 Å². The lowest BCUT2D eigenvalue weighted by Crippen LogP contribution is -2.32. The minimum atomic E-state index is -1.31. The molecule has 0 spiro atoms. The molecule has 0 radical (unpaired) electrons. The van der Waals surface area contributed by atoms with Crippen molar-refractivity contribution in [2.45, 2.75) is 25.9 Å². The van der Waals surface area contributed by atoms with Crippen molar-refractivity contribution in [1.29, 1.82) is 0 Å². The van der Waals surface area contributed by atoms with E-state index in [9.17, 15) is 9.18 Å². The molecule has 0 aromatic heterocycles. The summed E-state index contributed by atoms with van der Waals surface area (Å²) in [6, 6.07) is 12.3. The molecule has 0 bridgehead atoms. The molecule has 8 heteroatoms. The number of halogens is 2. The van der Waals surface area contributed by atoms with Crippen LogP contribution in [0.15, 0.2) is 53.1 Å². The van der Waals surface area contributed by atoms with Gasteiger partial charge in [0.05, 0.1) is 5.70 Å². The Morgan fingerprint density at radius 2 is 1.75 bits per heavy atom. The second-order valence-corrected chi connectivity index (χ2v) is 7.78. The largest absolute Gasteiger partial charge is 0.403 e. The average Bonchev–Trinajstić information content (AvgIpc) is 2.60. The van der Waals surface area contributed by atoms with Crippen LogP contribution in [0.2, 0.25) is 0 Å². The fraction of sp³-hybridized carbons (Fsp3) is 0.250. The molecule has 6 nitrogen and oxygen atoms in total. The van der Waals surface area contributed by atoms with Gasteiger partial charge in [0.15, 0.2) is 0 Å². The second kappa shape index (κ2) is 9.45. The van der Waals surface area contributed by atoms with Crippen LogP contribution in [0, 0.1) is 0 Å². The van der Waals surface area contributed by atoms with E-state index in [2.05, 4.69) is 31.9 Å². The van der Waals surface area contributed by atoms with Crippen LogP contribution in [-0.2, 0) is 0 Å². The number of amides is 2. The first-order valence-electron chi connectivity index (χ1n) is 8.76. The van der Waals surface area contributed by atoms with E-state index in [-0.39, 0.29) is 19.0 Å². The van der Waals surface area contributed by atoms with Gasteiger partial charge >= 0.3 is 6.03 Å². The quantitative estimate of drug-likeness (QED) is 0.396. The Balaban J connectivity index is 1.95. The van der Waals surface area contributed by atoms with Crippen molar-refractivity contribution in [3.63, 3.8) is 0 Å². The van der Waals surface area contributed by atoms with E-state index in [0.29, 0.717) is 17.1 Å². The lowest BCUT2D eigenvalue weighted by Gasteiger charge is -2.15. The fourth-order valence-electron chi connectivity index (χ4n) is 2.42. The molecule has 150 valence electrons. The highest BCUT2D eigenvalue weighted by Gasteiger charge is 2.15. The number of carbonyl (C=O) groups is 1. The summed E-state index contributed by atoms with van der Waals surface area (Å²) < 4.78 is 14.3. The first-order valence-corrected chi connectivity index (χ1v) is 9.55. The first kappa shape index (κ1) is 21.6. The van der Waals surface area contributed by atoms with E-state index in [1.807, 2.05) is 12.1 Å². The van der Waals surface area contributed by atoms with Gasteiger partial charge in [0.1, 0.15) is 5.67 Å². The highest BCUT2D eigenvalue weighted by Crippen LogP contribution is 2.26. The molecule has 0 saturated carbocycles. The summed E-state index contributed by atoms with van der Waals surface area (Å²) in [6.45, 7) is 3.21. The topological polar surface area (TPSA) is 105 Å². The number of nitrogens with one attached hydrogen (secondary N) is 3. The van der Waals surface area contributed by atoms with Crippen LogP contribution >= 0.6 is 15.9 Å². The van der Waals surface area contributed by atoms with Crippen LogP contribution in [0.25, 0.3) is 5.70 Å². The van der Waals surface area contributed by atoms with Gasteiger partial charge in [-0.15, -0.1) is 0 Å². The predicted octanol–water partition coefficient (Wildman–Crippen LogP) is 4.66. The molecule has 0 heterocycles. The first-order chi connectivity index (χ1) is 13.2. The van der Waals surface area contributed by atoms with Gasteiger partial charge in [-0.05, 0) is 62.7 Å². The number of urea groups is 1. The molecule has 0 aliphatic carbocycles. The number of hydrogen-bond acceptors (Lipinski definition) is 4. The SMILES string of the molecule is CC(C)(F)CCNC(=O)Nc1ccc(N/C(=C/N)c2ccc(Br)cc2N)cc1. The highest BCUT2D eigenvalue weighted by molar-refractivity contribution is 9.10. The third-order valence-electron chi connectivity index (χ3n) is 3.90. The third kappa shape index (κ3) is 6.77. The van der Waals surface area contributed by atoms with Crippen LogP contribution in [0.5, 0.6) is 0 Å². The summed E-state index contributed by atoms with van der Waals surface area (Å²) in [5.41, 5.74) is 13.9. The van der Waals surface area contributed by atoms with Crippen LogP contribution in [-0.4, -0.2) is 18.2 Å². The molecule has 28 heavy (non-hydrogen) atoms. The van der Waals surface area contributed by atoms with E-state index >= 15 is 0 Å². The zero-order valence-electron chi connectivity index (χ0n) is 15.9. The zero-order chi connectivity index (χ0) is 20.7. The van der Waals surface area contributed by atoms with Crippen LogP contribution in [0.4, 0.5) is 26.2 Å². The number of anilines is 3. The lowest BCUT2D eigenvalue weighted by molar-refractivity contribution is 0.200. The predicted molar refractivity (Wildman–Crippen MR) is 118 cm³/mol. The molecule has 2 aromatic rings. The van der Waals surface area contributed by atoms with E-state index in [4.69, 9.17) is 11.5 Å². The molecule has 0 aliphatic heterocycles. The number of alkyl halides is 1. The van der Waals surface area contributed by atoms with Crippen molar-refractivity contribution in [3.05, 3.63) is 58.7 Å². The van der Waals surface area contributed by atoms with Crippen molar-refractivity contribution in [2.24, 2.45) is 5.73 Å². The minimum absolute atomic E-state index is 0.247. The third-order valence-corrected chi connectivity index (χ3v) is 4.39. The van der Waals surface area contributed by atoms with Gasteiger partial charge in [-0.25, -0.2) is 9.18 Å². The van der Waals surface area contributed by atoms with Crippen molar-refractivity contribution >= 4 is 44.7 Å². The Morgan fingerprint density at radius 1 is 1.14 bits per heavy atom. The normalized spacial score (nSPS) is 11.8. The molecule has 0 fully saturated rings. The number of hydrogen-bond donors (Lipinski definition) is 5. The lowest BCUT2D eigenvalue weighted by atomic mass is 10.1. The Bertz CT molecular complexity index is 847. The minimum Gasteiger partial charge on any atom is -0.403 e. The van der Waals surface area contributed by atoms with Crippen molar-refractivity contribution in [3.8, 4) is 0 Å². The molecule has 2 amide bonds.